The van der Waals surface area contributed by atoms with Crippen molar-refractivity contribution in [1.82, 2.24) is 9.78 Å². The Hall–Kier alpha value is -0.820. The predicted molar refractivity (Wildman–Crippen MR) is 37.3 cm³/mol. The molecule has 68 valence electrons. The zero-order valence-corrected chi connectivity index (χ0v) is 6.89. The van der Waals surface area contributed by atoms with E-state index >= 15 is 0 Å². The Balaban J connectivity index is 3.09. The van der Waals surface area contributed by atoms with Gasteiger partial charge in [-0.3, -0.25) is 0 Å². The molecule has 1 N–H and O–H groups in total. The van der Waals surface area contributed by atoms with Crippen molar-refractivity contribution in [2.45, 2.75) is 18.4 Å². The van der Waals surface area contributed by atoms with Gasteiger partial charge in [0.2, 0.25) is 0 Å². The fourth-order valence-electron chi connectivity index (χ4n) is 0.736. The molecule has 12 heavy (non-hydrogen) atoms. The molecule has 1 unspecified atom stereocenters. The van der Waals surface area contributed by atoms with Crippen molar-refractivity contribution in [2.24, 2.45) is 0 Å². The molecule has 1 atom stereocenters. The summed E-state index contributed by atoms with van der Waals surface area (Å²) in [5, 5.41) is 3.34. The summed E-state index contributed by atoms with van der Waals surface area (Å²) in [7, 11) is 0. The van der Waals surface area contributed by atoms with E-state index in [0.29, 0.717) is 4.68 Å². The first kappa shape index (κ1) is 9.27. The van der Waals surface area contributed by atoms with Gasteiger partial charge in [0.05, 0.1) is 5.69 Å². The van der Waals surface area contributed by atoms with Crippen LogP contribution in [0, 0.1) is 6.92 Å². The van der Waals surface area contributed by atoms with Crippen molar-refractivity contribution in [3.05, 3.63) is 11.9 Å². The molecule has 0 fully saturated rings. The number of rotatable bonds is 2. The van der Waals surface area contributed by atoms with Gasteiger partial charge in [-0.15, -0.1) is 0 Å². The van der Waals surface area contributed by atoms with E-state index in [0.717, 1.165) is 6.20 Å². The lowest BCUT2D eigenvalue weighted by molar-refractivity contribution is 0.0561. The second-order valence-corrected chi connectivity index (χ2v) is 3.02. The Bertz CT molecular complexity index is 312. The molecule has 1 heterocycles. The van der Waals surface area contributed by atoms with Crippen molar-refractivity contribution in [2.75, 3.05) is 0 Å². The Labute approximate surface area is 69.5 Å². The maximum atomic E-state index is 11.9. The van der Waals surface area contributed by atoms with E-state index < -0.39 is 17.6 Å². The highest BCUT2D eigenvalue weighted by Crippen LogP contribution is 2.15. The summed E-state index contributed by atoms with van der Waals surface area (Å²) in [6.07, 6.45) is 0.857. The minimum absolute atomic E-state index is 0.0877. The van der Waals surface area contributed by atoms with Crippen molar-refractivity contribution in [3.63, 3.8) is 0 Å². The molecular weight excluding hydrogens is 190 g/mol. The molecule has 0 aliphatic heterocycles. The van der Waals surface area contributed by atoms with Crippen LogP contribution in [-0.4, -0.2) is 18.5 Å². The number of halogens is 2. The SMILES string of the molecule is Cc1nn(C(F)F)cc1S(=O)O. The van der Waals surface area contributed by atoms with Crippen LogP contribution < -0.4 is 0 Å². The summed E-state index contributed by atoms with van der Waals surface area (Å²) < 4.78 is 43.3. The van der Waals surface area contributed by atoms with Gasteiger partial charge in [0, 0.05) is 6.20 Å². The van der Waals surface area contributed by atoms with E-state index in [1.165, 1.54) is 6.92 Å². The first-order chi connectivity index (χ1) is 5.52. The maximum absolute atomic E-state index is 11.9. The third-order valence-electron chi connectivity index (χ3n) is 1.26. The topological polar surface area (TPSA) is 55.1 Å². The van der Waals surface area contributed by atoms with E-state index in [4.69, 9.17) is 4.55 Å². The third kappa shape index (κ3) is 1.67. The number of alkyl halides is 2. The summed E-state index contributed by atoms with van der Waals surface area (Å²) in [4.78, 5) is -0.0877. The second kappa shape index (κ2) is 3.28. The zero-order valence-electron chi connectivity index (χ0n) is 6.07. The summed E-state index contributed by atoms with van der Waals surface area (Å²) in [5.41, 5.74) is 0.135. The molecular formula is C5H6F2N2O2S. The second-order valence-electron chi connectivity index (χ2n) is 2.09. The van der Waals surface area contributed by atoms with Crippen LogP contribution in [0.1, 0.15) is 12.2 Å². The minimum atomic E-state index is -2.78. The first-order valence-electron chi connectivity index (χ1n) is 2.97. The van der Waals surface area contributed by atoms with Gasteiger partial charge in [0.25, 0.3) is 0 Å². The van der Waals surface area contributed by atoms with E-state index in [-0.39, 0.29) is 10.6 Å². The van der Waals surface area contributed by atoms with Crippen molar-refractivity contribution < 1.29 is 17.5 Å². The highest BCUT2D eigenvalue weighted by Gasteiger charge is 2.14. The molecule has 0 saturated heterocycles. The third-order valence-corrected chi connectivity index (χ3v) is 2.04. The average molecular weight is 196 g/mol. The lowest BCUT2D eigenvalue weighted by atomic mass is 10.5. The van der Waals surface area contributed by atoms with Crippen LogP contribution >= 0.6 is 0 Å². The number of hydrogen-bond acceptors (Lipinski definition) is 2. The molecule has 0 aliphatic carbocycles. The highest BCUT2D eigenvalue weighted by atomic mass is 32.2. The van der Waals surface area contributed by atoms with Crippen LogP contribution in [0.4, 0.5) is 8.78 Å². The van der Waals surface area contributed by atoms with E-state index in [1.54, 1.807) is 0 Å². The fourth-order valence-corrected chi connectivity index (χ4v) is 1.23. The summed E-state index contributed by atoms with van der Waals surface area (Å²) in [5.74, 6) is 0. The molecule has 0 spiro atoms. The molecule has 7 heteroatoms. The molecule has 0 aliphatic rings. The van der Waals surface area contributed by atoms with Crippen LogP contribution in [0.2, 0.25) is 0 Å². The minimum Gasteiger partial charge on any atom is -0.302 e. The molecule has 4 nitrogen and oxygen atoms in total. The monoisotopic (exact) mass is 196 g/mol. The van der Waals surface area contributed by atoms with Gasteiger partial charge in [-0.05, 0) is 6.92 Å². The number of hydrogen-bond donors (Lipinski definition) is 1. The van der Waals surface area contributed by atoms with Crippen LogP contribution in [0.15, 0.2) is 11.1 Å². The molecule has 1 aromatic rings. The van der Waals surface area contributed by atoms with Crippen LogP contribution in [0.3, 0.4) is 0 Å². The van der Waals surface area contributed by atoms with Crippen molar-refractivity contribution in [1.29, 1.82) is 0 Å². The van der Waals surface area contributed by atoms with Gasteiger partial charge in [0.1, 0.15) is 4.90 Å². The normalized spacial score (nSPS) is 13.8. The van der Waals surface area contributed by atoms with Crippen LogP contribution in [-0.2, 0) is 11.1 Å². The van der Waals surface area contributed by atoms with E-state index in [1.807, 2.05) is 0 Å². The Morgan fingerprint density at radius 3 is 2.58 bits per heavy atom. The van der Waals surface area contributed by atoms with E-state index in [9.17, 15) is 13.0 Å². The number of nitrogens with zero attached hydrogens (tertiary/aromatic N) is 2. The van der Waals surface area contributed by atoms with Crippen molar-refractivity contribution in [3.8, 4) is 0 Å². The van der Waals surface area contributed by atoms with Gasteiger partial charge in [0.15, 0.2) is 11.1 Å². The van der Waals surface area contributed by atoms with Gasteiger partial charge < -0.3 is 4.55 Å². The molecule has 1 rings (SSSR count). The maximum Gasteiger partial charge on any atom is 0.333 e. The average Bonchev–Trinajstić information content (AvgIpc) is 2.30. The van der Waals surface area contributed by atoms with Crippen molar-refractivity contribution >= 4 is 11.1 Å². The molecule has 0 radical (unpaired) electrons. The smallest absolute Gasteiger partial charge is 0.302 e. The number of aryl methyl sites for hydroxylation is 1. The Morgan fingerprint density at radius 2 is 2.33 bits per heavy atom. The van der Waals surface area contributed by atoms with Gasteiger partial charge in [-0.25, -0.2) is 8.89 Å². The van der Waals surface area contributed by atoms with Gasteiger partial charge in [-0.2, -0.15) is 13.9 Å². The number of aromatic nitrogens is 2. The Kier molecular flexibility index (Phi) is 2.53. The molecule has 0 amide bonds. The van der Waals surface area contributed by atoms with Gasteiger partial charge in [-0.1, -0.05) is 0 Å². The first-order valence-corrected chi connectivity index (χ1v) is 4.08. The molecule has 1 aromatic heterocycles. The van der Waals surface area contributed by atoms with Gasteiger partial charge >= 0.3 is 6.55 Å². The summed E-state index contributed by atoms with van der Waals surface area (Å²) in [6.45, 7) is -1.39. The largest absolute Gasteiger partial charge is 0.333 e. The highest BCUT2D eigenvalue weighted by molar-refractivity contribution is 7.79. The fraction of sp³-hybridized carbons (Fsp3) is 0.400. The Morgan fingerprint density at radius 1 is 1.75 bits per heavy atom. The van der Waals surface area contributed by atoms with E-state index in [2.05, 4.69) is 5.10 Å². The predicted octanol–water partition coefficient (Wildman–Crippen LogP) is 1.17. The summed E-state index contributed by atoms with van der Waals surface area (Å²) in [6, 6.07) is 0. The molecule has 0 saturated carbocycles. The van der Waals surface area contributed by atoms with Crippen LogP contribution in [0.5, 0.6) is 0 Å². The molecule has 0 aromatic carbocycles. The zero-order chi connectivity index (χ0) is 9.30. The van der Waals surface area contributed by atoms with Crippen LogP contribution in [0.25, 0.3) is 0 Å². The molecule has 0 bridgehead atoms. The lowest BCUT2D eigenvalue weighted by Gasteiger charge is -1.94. The summed E-state index contributed by atoms with van der Waals surface area (Å²) >= 11 is -2.25. The lowest BCUT2D eigenvalue weighted by Crippen LogP contribution is -1.97. The quantitative estimate of drug-likeness (QED) is 0.722. The standard InChI is InChI=1S/C5H6F2N2O2S/c1-3-4(12(10)11)2-9(8-3)5(6)7/h2,5H,1H3,(H,10,11).